The van der Waals surface area contributed by atoms with Gasteiger partial charge in [-0.2, -0.15) is 5.10 Å². The molecule has 0 fully saturated rings. The molecule has 0 bridgehead atoms. The Hall–Kier alpha value is -1.62. The van der Waals surface area contributed by atoms with E-state index in [1.165, 1.54) is 0 Å². The highest BCUT2D eigenvalue weighted by Gasteiger charge is 2.07. The zero-order valence-electron chi connectivity index (χ0n) is 9.34. The third-order valence-corrected chi connectivity index (χ3v) is 2.72. The number of rotatable bonds is 3. The van der Waals surface area contributed by atoms with E-state index in [2.05, 4.69) is 11.2 Å². The molecule has 2 N–H and O–H groups in total. The fraction of sp³-hybridized carbons (Fsp3) is 0.273. The van der Waals surface area contributed by atoms with Crippen molar-refractivity contribution < 1.29 is 0 Å². The van der Waals surface area contributed by atoms with E-state index in [0.717, 1.165) is 23.6 Å². The fourth-order valence-electron chi connectivity index (χ4n) is 1.76. The van der Waals surface area contributed by atoms with Gasteiger partial charge in [0.15, 0.2) is 0 Å². The first-order chi connectivity index (χ1) is 7.58. The second-order valence-electron chi connectivity index (χ2n) is 3.79. The Morgan fingerprint density at radius 3 is 2.88 bits per heavy atom. The minimum Gasteiger partial charge on any atom is -0.388 e. The monoisotopic (exact) mass is 234 g/mol. The van der Waals surface area contributed by atoms with Crippen LogP contribution in [0.4, 0.5) is 0 Å². The van der Waals surface area contributed by atoms with Crippen LogP contribution in [-0.4, -0.2) is 19.3 Å². The van der Waals surface area contributed by atoms with Gasteiger partial charge in [0.05, 0.1) is 23.6 Å². The minimum absolute atomic E-state index is 0.420. The van der Waals surface area contributed by atoms with Gasteiger partial charge in [0, 0.05) is 13.2 Å². The zero-order chi connectivity index (χ0) is 11.7. The third kappa shape index (κ3) is 1.99. The number of hydrogen-bond acceptors (Lipinski definition) is 2. The van der Waals surface area contributed by atoms with Crippen LogP contribution < -0.4 is 5.73 Å². The van der Waals surface area contributed by atoms with Crippen molar-refractivity contribution in [3.8, 4) is 0 Å². The average molecular weight is 234 g/mol. The SMILES string of the molecule is Cc1cc(Cn2cccc2C(N)=S)n(C)n1. The quantitative estimate of drug-likeness (QED) is 0.812. The molecule has 0 saturated carbocycles. The molecular formula is C11H14N4S. The number of aryl methyl sites for hydroxylation is 2. The van der Waals surface area contributed by atoms with Crippen LogP contribution in [0.15, 0.2) is 24.4 Å². The molecule has 0 amide bonds. The maximum atomic E-state index is 5.64. The van der Waals surface area contributed by atoms with E-state index in [1.807, 2.05) is 41.5 Å². The molecule has 2 rings (SSSR count). The molecule has 84 valence electrons. The Kier molecular flexibility index (Phi) is 2.78. The summed E-state index contributed by atoms with van der Waals surface area (Å²) in [5.74, 6) is 0. The Bertz CT molecular complexity index is 524. The molecule has 0 saturated heterocycles. The Labute approximate surface area is 99.7 Å². The van der Waals surface area contributed by atoms with Crippen molar-refractivity contribution in [1.82, 2.24) is 14.3 Å². The van der Waals surface area contributed by atoms with Crippen LogP contribution in [0.3, 0.4) is 0 Å². The van der Waals surface area contributed by atoms with Crippen LogP contribution in [0.5, 0.6) is 0 Å². The largest absolute Gasteiger partial charge is 0.388 e. The minimum atomic E-state index is 0.420. The lowest BCUT2D eigenvalue weighted by atomic mass is 10.3. The zero-order valence-corrected chi connectivity index (χ0v) is 10.2. The highest BCUT2D eigenvalue weighted by Crippen LogP contribution is 2.08. The van der Waals surface area contributed by atoms with Gasteiger partial charge < -0.3 is 10.3 Å². The van der Waals surface area contributed by atoms with E-state index in [-0.39, 0.29) is 0 Å². The van der Waals surface area contributed by atoms with Crippen molar-refractivity contribution in [2.24, 2.45) is 12.8 Å². The number of aromatic nitrogens is 3. The van der Waals surface area contributed by atoms with E-state index >= 15 is 0 Å². The normalized spacial score (nSPS) is 10.6. The van der Waals surface area contributed by atoms with Gasteiger partial charge in [-0.05, 0) is 25.1 Å². The van der Waals surface area contributed by atoms with Crippen LogP contribution in [0, 0.1) is 6.92 Å². The van der Waals surface area contributed by atoms with Gasteiger partial charge in [-0.3, -0.25) is 4.68 Å². The maximum absolute atomic E-state index is 5.64. The Morgan fingerprint density at radius 1 is 1.56 bits per heavy atom. The molecule has 16 heavy (non-hydrogen) atoms. The summed E-state index contributed by atoms with van der Waals surface area (Å²) in [6.45, 7) is 2.71. The summed E-state index contributed by atoms with van der Waals surface area (Å²) in [7, 11) is 1.94. The summed E-state index contributed by atoms with van der Waals surface area (Å²) in [4.78, 5) is 0.420. The van der Waals surface area contributed by atoms with Crippen molar-refractivity contribution in [2.45, 2.75) is 13.5 Å². The van der Waals surface area contributed by atoms with Crippen LogP contribution in [0.1, 0.15) is 17.1 Å². The van der Waals surface area contributed by atoms with E-state index in [9.17, 15) is 0 Å². The van der Waals surface area contributed by atoms with Crippen LogP contribution in [-0.2, 0) is 13.6 Å². The number of nitrogens with two attached hydrogens (primary N) is 1. The van der Waals surface area contributed by atoms with Crippen LogP contribution in [0.2, 0.25) is 0 Å². The van der Waals surface area contributed by atoms with Gasteiger partial charge in [-0.1, -0.05) is 12.2 Å². The summed E-state index contributed by atoms with van der Waals surface area (Å²) in [5, 5.41) is 4.31. The molecule has 0 aliphatic carbocycles. The summed E-state index contributed by atoms with van der Waals surface area (Å²) >= 11 is 4.99. The molecule has 0 aromatic carbocycles. The van der Waals surface area contributed by atoms with E-state index in [1.54, 1.807) is 0 Å². The van der Waals surface area contributed by atoms with Gasteiger partial charge >= 0.3 is 0 Å². The second kappa shape index (κ2) is 4.09. The van der Waals surface area contributed by atoms with Crippen molar-refractivity contribution in [3.05, 3.63) is 41.5 Å². The molecule has 0 aliphatic rings. The van der Waals surface area contributed by atoms with E-state index < -0.39 is 0 Å². The molecule has 0 atom stereocenters. The summed E-state index contributed by atoms with van der Waals surface area (Å²) < 4.78 is 3.90. The average Bonchev–Trinajstić information content (AvgIpc) is 2.75. The molecule has 2 aromatic heterocycles. The molecule has 2 heterocycles. The van der Waals surface area contributed by atoms with Gasteiger partial charge in [-0.25, -0.2) is 0 Å². The van der Waals surface area contributed by atoms with Gasteiger partial charge in [-0.15, -0.1) is 0 Å². The molecule has 0 spiro atoms. The molecule has 5 heteroatoms. The summed E-state index contributed by atoms with van der Waals surface area (Å²) in [5.41, 5.74) is 8.67. The van der Waals surface area contributed by atoms with Crippen molar-refractivity contribution in [1.29, 1.82) is 0 Å². The topological polar surface area (TPSA) is 48.8 Å². The van der Waals surface area contributed by atoms with E-state index in [4.69, 9.17) is 18.0 Å². The lowest BCUT2D eigenvalue weighted by Gasteiger charge is -2.07. The van der Waals surface area contributed by atoms with Crippen LogP contribution in [0.25, 0.3) is 0 Å². The first-order valence-electron chi connectivity index (χ1n) is 5.02. The fourth-order valence-corrected chi connectivity index (χ4v) is 1.95. The highest BCUT2D eigenvalue weighted by atomic mass is 32.1. The number of thiocarbonyl (C=S) groups is 1. The Balaban J connectivity index is 2.30. The van der Waals surface area contributed by atoms with Crippen LogP contribution >= 0.6 is 12.2 Å². The second-order valence-corrected chi connectivity index (χ2v) is 4.23. The number of hydrogen-bond donors (Lipinski definition) is 1. The lowest BCUT2D eigenvalue weighted by Crippen LogP contribution is -2.16. The smallest absolute Gasteiger partial charge is 0.120 e. The first kappa shape index (κ1) is 10.9. The number of nitrogens with zero attached hydrogens (tertiary/aromatic N) is 3. The first-order valence-corrected chi connectivity index (χ1v) is 5.43. The van der Waals surface area contributed by atoms with Crippen molar-refractivity contribution in [3.63, 3.8) is 0 Å². The molecule has 4 nitrogen and oxygen atoms in total. The van der Waals surface area contributed by atoms with Gasteiger partial charge in [0.25, 0.3) is 0 Å². The van der Waals surface area contributed by atoms with Crippen molar-refractivity contribution in [2.75, 3.05) is 0 Å². The standard InChI is InChI=1S/C11H14N4S/c1-8-6-9(14(2)13-8)7-15-5-3-4-10(15)11(12)16/h3-6H,7H2,1-2H3,(H2,12,16). The van der Waals surface area contributed by atoms with Gasteiger partial charge in [0.1, 0.15) is 4.99 Å². The molecule has 2 aromatic rings. The summed E-state index contributed by atoms with van der Waals surface area (Å²) in [6.07, 6.45) is 1.97. The van der Waals surface area contributed by atoms with Crippen molar-refractivity contribution >= 4 is 17.2 Å². The molecule has 0 aliphatic heterocycles. The maximum Gasteiger partial charge on any atom is 0.120 e. The molecule has 0 unspecified atom stereocenters. The highest BCUT2D eigenvalue weighted by molar-refractivity contribution is 7.80. The summed E-state index contributed by atoms with van der Waals surface area (Å²) in [6, 6.07) is 5.92. The predicted molar refractivity (Wildman–Crippen MR) is 67.4 cm³/mol. The molecular weight excluding hydrogens is 220 g/mol. The third-order valence-electron chi connectivity index (χ3n) is 2.51. The van der Waals surface area contributed by atoms with E-state index in [0.29, 0.717) is 4.99 Å². The molecule has 0 radical (unpaired) electrons. The predicted octanol–water partition coefficient (Wildman–Crippen LogP) is 1.21. The Morgan fingerprint density at radius 2 is 2.31 bits per heavy atom. The van der Waals surface area contributed by atoms with Gasteiger partial charge in [0.2, 0.25) is 0 Å². The lowest BCUT2D eigenvalue weighted by molar-refractivity contribution is 0.663.